The smallest absolute Gasteiger partial charge is 0.253 e. The minimum Gasteiger partial charge on any atom is -0.343 e. The second-order valence-corrected chi connectivity index (χ2v) is 4.23. The molecule has 1 amide bonds. The monoisotopic (exact) mass is 296 g/mol. The molecule has 2 aromatic rings. The predicted octanol–water partition coefficient (Wildman–Crippen LogP) is 1.47. The van der Waals surface area contributed by atoms with Crippen LogP contribution in [0.4, 0.5) is 0 Å². The summed E-state index contributed by atoms with van der Waals surface area (Å²) in [5, 5.41) is 6.28. The number of nitrogens with zero attached hydrogens (tertiary/aromatic N) is 3. The fraction of sp³-hybridized carbons (Fsp3) is 0.200. The molecule has 0 spiro atoms. The van der Waals surface area contributed by atoms with Crippen molar-refractivity contribution in [2.24, 2.45) is 0 Å². The van der Waals surface area contributed by atoms with Gasteiger partial charge in [0.15, 0.2) is 5.82 Å². The molecule has 0 aliphatic carbocycles. The number of aryl methyl sites for hydroxylation is 1. The van der Waals surface area contributed by atoms with Crippen molar-refractivity contribution in [2.45, 2.75) is 13.5 Å². The third-order valence-corrected chi connectivity index (χ3v) is 2.37. The first-order chi connectivity index (χ1) is 8.15. The van der Waals surface area contributed by atoms with Crippen molar-refractivity contribution < 1.29 is 9.32 Å². The normalized spacial score (nSPS) is 10.2. The van der Waals surface area contributed by atoms with E-state index in [4.69, 9.17) is 4.52 Å². The lowest BCUT2D eigenvalue weighted by Gasteiger charge is -2.01. The molecule has 7 heteroatoms. The summed E-state index contributed by atoms with van der Waals surface area (Å²) in [6.45, 7) is 1.92. The maximum absolute atomic E-state index is 11.7. The number of nitrogens with one attached hydrogen (secondary N) is 1. The van der Waals surface area contributed by atoms with Crippen LogP contribution in [0.2, 0.25) is 0 Å². The number of pyridine rings is 1. The van der Waals surface area contributed by atoms with Gasteiger partial charge in [-0.15, -0.1) is 0 Å². The quantitative estimate of drug-likeness (QED) is 0.927. The molecule has 0 saturated heterocycles. The second-order valence-electron chi connectivity index (χ2n) is 3.31. The standard InChI is InChI=1S/C10H9BrN4O2/c1-6-14-9(17-15-6)5-13-10(16)7-2-8(11)4-12-3-7/h2-4H,5H2,1H3,(H,13,16). The topological polar surface area (TPSA) is 80.9 Å². The summed E-state index contributed by atoms with van der Waals surface area (Å²) in [7, 11) is 0. The van der Waals surface area contributed by atoms with Gasteiger partial charge in [-0.3, -0.25) is 9.78 Å². The van der Waals surface area contributed by atoms with Gasteiger partial charge in [-0.1, -0.05) is 5.16 Å². The molecule has 0 fully saturated rings. The summed E-state index contributed by atoms with van der Waals surface area (Å²) in [5.41, 5.74) is 0.468. The van der Waals surface area contributed by atoms with Gasteiger partial charge in [-0.05, 0) is 28.9 Å². The van der Waals surface area contributed by atoms with Crippen molar-refractivity contribution in [3.05, 3.63) is 40.2 Å². The van der Waals surface area contributed by atoms with E-state index < -0.39 is 0 Å². The van der Waals surface area contributed by atoms with Crippen molar-refractivity contribution >= 4 is 21.8 Å². The van der Waals surface area contributed by atoms with Gasteiger partial charge in [0.2, 0.25) is 5.89 Å². The fourth-order valence-corrected chi connectivity index (χ4v) is 1.57. The maximum Gasteiger partial charge on any atom is 0.253 e. The van der Waals surface area contributed by atoms with Crippen molar-refractivity contribution in [3.63, 3.8) is 0 Å². The van der Waals surface area contributed by atoms with E-state index in [9.17, 15) is 4.79 Å². The van der Waals surface area contributed by atoms with Crippen molar-refractivity contribution in [1.29, 1.82) is 0 Å². The van der Waals surface area contributed by atoms with Crippen LogP contribution in [0, 0.1) is 6.92 Å². The second kappa shape index (κ2) is 5.05. The van der Waals surface area contributed by atoms with Gasteiger partial charge in [-0.25, -0.2) is 0 Å². The van der Waals surface area contributed by atoms with Crippen LogP contribution in [0.25, 0.3) is 0 Å². The highest BCUT2D eigenvalue weighted by atomic mass is 79.9. The summed E-state index contributed by atoms with van der Waals surface area (Å²) in [5.74, 6) is 0.673. The molecule has 2 heterocycles. The molecule has 0 bridgehead atoms. The highest BCUT2D eigenvalue weighted by Crippen LogP contribution is 2.09. The van der Waals surface area contributed by atoms with E-state index >= 15 is 0 Å². The molecule has 0 unspecified atom stereocenters. The number of hydrogen-bond donors (Lipinski definition) is 1. The highest BCUT2D eigenvalue weighted by Gasteiger charge is 2.08. The Morgan fingerprint density at radius 1 is 1.53 bits per heavy atom. The molecule has 1 N–H and O–H groups in total. The van der Waals surface area contributed by atoms with Crippen LogP contribution in [0.5, 0.6) is 0 Å². The van der Waals surface area contributed by atoms with Gasteiger partial charge in [0.1, 0.15) is 0 Å². The highest BCUT2D eigenvalue weighted by molar-refractivity contribution is 9.10. The summed E-state index contributed by atoms with van der Waals surface area (Å²) in [4.78, 5) is 19.6. The van der Waals surface area contributed by atoms with E-state index in [-0.39, 0.29) is 12.5 Å². The lowest BCUT2D eigenvalue weighted by molar-refractivity contribution is 0.0946. The van der Waals surface area contributed by atoms with Gasteiger partial charge >= 0.3 is 0 Å². The van der Waals surface area contributed by atoms with Crippen LogP contribution >= 0.6 is 15.9 Å². The molecule has 0 aliphatic heterocycles. The van der Waals surface area contributed by atoms with Crippen LogP contribution in [0.3, 0.4) is 0 Å². The average Bonchev–Trinajstić information content (AvgIpc) is 2.72. The molecule has 88 valence electrons. The van der Waals surface area contributed by atoms with Crippen LogP contribution < -0.4 is 5.32 Å². The Labute approximate surface area is 106 Å². The van der Waals surface area contributed by atoms with Gasteiger partial charge in [0.25, 0.3) is 5.91 Å². The zero-order chi connectivity index (χ0) is 12.3. The zero-order valence-corrected chi connectivity index (χ0v) is 10.6. The minimum atomic E-state index is -0.241. The third-order valence-electron chi connectivity index (χ3n) is 1.94. The van der Waals surface area contributed by atoms with Crippen molar-refractivity contribution in [1.82, 2.24) is 20.4 Å². The Balaban J connectivity index is 1.98. The summed E-state index contributed by atoms with van der Waals surface area (Å²) < 4.78 is 5.62. The first kappa shape index (κ1) is 11.7. The predicted molar refractivity (Wildman–Crippen MR) is 62.1 cm³/mol. The average molecular weight is 297 g/mol. The van der Waals surface area contributed by atoms with Crippen LogP contribution in [0.15, 0.2) is 27.5 Å². The molecule has 17 heavy (non-hydrogen) atoms. The molecule has 6 nitrogen and oxygen atoms in total. The molecule has 0 radical (unpaired) electrons. The molecule has 2 aromatic heterocycles. The van der Waals surface area contributed by atoms with E-state index in [2.05, 4.69) is 36.4 Å². The van der Waals surface area contributed by atoms with Crippen LogP contribution in [-0.4, -0.2) is 21.0 Å². The first-order valence-electron chi connectivity index (χ1n) is 4.83. The number of aromatic nitrogens is 3. The number of carbonyl (C=O) groups is 1. The lowest BCUT2D eigenvalue weighted by atomic mass is 10.3. The first-order valence-corrected chi connectivity index (χ1v) is 5.62. The van der Waals surface area contributed by atoms with E-state index in [1.807, 2.05) is 0 Å². The Hall–Kier alpha value is -1.76. The summed E-state index contributed by atoms with van der Waals surface area (Å²) >= 11 is 3.25. The number of halogens is 1. The summed E-state index contributed by atoms with van der Waals surface area (Å²) in [6, 6.07) is 1.68. The van der Waals surface area contributed by atoms with Crippen molar-refractivity contribution in [3.8, 4) is 0 Å². The van der Waals surface area contributed by atoms with Gasteiger partial charge in [-0.2, -0.15) is 4.98 Å². The Morgan fingerprint density at radius 2 is 2.35 bits per heavy atom. The maximum atomic E-state index is 11.7. The third kappa shape index (κ3) is 3.10. The molecule has 0 saturated carbocycles. The molecule has 0 aromatic carbocycles. The van der Waals surface area contributed by atoms with Crippen LogP contribution in [0.1, 0.15) is 22.1 Å². The zero-order valence-electron chi connectivity index (χ0n) is 8.98. The summed E-state index contributed by atoms with van der Waals surface area (Å²) in [6.07, 6.45) is 3.09. The van der Waals surface area contributed by atoms with Gasteiger partial charge < -0.3 is 9.84 Å². The van der Waals surface area contributed by atoms with E-state index in [0.29, 0.717) is 17.3 Å². The molecular weight excluding hydrogens is 288 g/mol. The Bertz CT molecular complexity index is 541. The SMILES string of the molecule is Cc1noc(CNC(=O)c2cncc(Br)c2)n1. The lowest BCUT2D eigenvalue weighted by Crippen LogP contribution is -2.23. The van der Waals surface area contributed by atoms with Crippen molar-refractivity contribution in [2.75, 3.05) is 0 Å². The van der Waals surface area contributed by atoms with Gasteiger partial charge in [0, 0.05) is 16.9 Å². The van der Waals surface area contributed by atoms with Gasteiger partial charge in [0.05, 0.1) is 12.1 Å². The van der Waals surface area contributed by atoms with Crippen LogP contribution in [-0.2, 0) is 6.54 Å². The van der Waals surface area contributed by atoms with E-state index in [1.54, 1.807) is 19.2 Å². The molecule has 0 atom stereocenters. The number of carbonyl (C=O) groups excluding carboxylic acids is 1. The fourth-order valence-electron chi connectivity index (χ4n) is 1.21. The minimum absolute atomic E-state index is 0.201. The number of rotatable bonds is 3. The number of amides is 1. The molecule has 0 aliphatic rings. The Kier molecular flexibility index (Phi) is 3.48. The number of hydrogen-bond acceptors (Lipinski definition) is 5. The van der Waals surface area contributed by atoms with E-state index in [1.165, 1.54) is 6.20 Å². The molecular formula is C10H9BrN4O2. The largest absolute Gasteiger partial charge is 0.343 e. The molecule has 2 rings (SSSR count). The van der Waals surface area contributed by atoms with E-state index in [0.717, 1.165) is 4.47 Å². The Morgan fingerprint density at radius 3 is 3.00 bits per heavy atom.